The van der Waals surface area contributed by atoms with Crippen LogP contribution in [0.5, 0.6) is 0 Å². The van der Waals surface area contributed by atoms with Gasteiger partial charge in [0.2, 0.25) is 0 Å². The van der Waals surface area contributed by atoms with Crippen LogP contribution in [0.1, 0.15) is 60.3 Å². The average Bonchev–Trinajstić information content (AvgIpc) is 2.77. The second kappa shape index (κ2) is 12.7. The van der Waals surface area contributed by atoms with Crippen molar-refractivity contribution in [2.45, 2.75) is 66.4 Å². The molecule has 0 aromatic rings. The second-order valence-electron chi connectivity index (χ2n) is 9.31. The third-order valence-electron chi connectivity index (χ3n) is 5.95. The van der Waals surface area contributed by atoms with Gasteiger partial charge in [-0.1, -0.05) is 30.7 Å². The number of allylic oxidation sites excluding steroid dienone is 3. The zero-order valence-corrected chi connectivity index (χ0v) is 20.3. The maximum Gasteiger partial charge on any atom is 0.335 e. The highest BCUT2D eigenvalue weighted by Crippen LogP contribution is 2.46. The number of methoxy groups -OCH3 is 1. The quantitative estimate of drug-likeness (QED) is 0.218. The van der Waals surface area contributed by atoms with Crippen molar-refractivity contribution in [3.8, 4) is 0 Å². The zero-order chi connectivity index (χ0) is 24.5. The maximum atomic E-state index is 13.3. The molecule has 1 aliphatic rings. The number of hydrogen-bond donors (Lipinski definition) is 1. The summed E-state index contributed by atoms with van der Waals surface area (Å²) in [5.41, 5.74) is 1.58. The largest absolute Gasteiger partial charge is 0.432 e. The molecule has 0 saturated heterocycles. The van der Waals surface area contributed by atoms with Crippen LogP contribution in [0.25, 0.3) is 0 Å². The van der Waals surface area contributed by atoms with Crippen molar-refractivity contribution >= 4 is 17.5 Å². The minimum Gasteiger partial charge on any atom is -0.432 e. The fourth-order valence-electron chi connectivity index (χ4n) is 4.10. The van der Waals surface area contributed by atoms with Gasteiger partial charge < -0.3 is 19.4 Å². The number of hydrogen-bond acceptors (Lipinski definition) is 6. The van der Waals surface area contributed by atoms with Crippen LogP contribution in [0, 0.1) is 17.3 Å². The van der Waals surface area contributed by atoms with Crippen LogP contribution in [0.2, 0.25) is 0 Å². The Kier molecular flexibility index (Phi) is 11.0. The summed E-state index contributed by atoms with van der Waals surface area (Å²) in [6, 6.07) is 0. The third-order valence-corrected chi connectivity index (χ3v) is 5.95. The molecule has 4 unspecified atom stereocenters. The fraction of sp³-hybridized carbons (Fsp3) is 0.577. The second-order valence-corrected chi connectivity index (χ2v) is 9.31. The molecule has 0 spiro atoms. The summed E-state index contributed by atoms with van der Waals surface area (Å²) in [6.07, 6.45) is 7.37. The Morgan fingerprint density at radius 3 is 2.50 bits per heavy atom. The number of aliphatic hydroxyl groups excluding tert-OH is 1. The molecule has 0 bridgehead atoms. The molecule has 178 valence electrons. The van der Waals surface area contributed by atoms with Crippen LogP contribution in [-0.4, -0.2) is 42.5 Å². The van der Waals surface area contributed by atoms with Gasteiger partial charge >= 0.3 is 5.97 Å². The predicted molar refractivity (Wildman–Crippen MR) is 125 cm³/mol. The highest BCUT2D eigenvalue weighted by Gasteiger charge is 2.43. The van der Waals surface area contributed by atoms with Gasteiger partial charge in [0.25, 0.3) is 0 Å². The zero-order valence-electron chi connectivity index (χ0n) is 20.3. The van der Waals surface area contributed by atoms with Crippen molar-refractivity contribution < 1.29 is 29.0 Å². The van der Waals surface area contributed by atoms with E-state index in [1.807, 2.05) is 13.0 Å². The number of esters is 1. The molecule has 1 aliphatic carbocycles. The molecule has 0 aliphatic heterocycles. The van der Waals surface area contributed by atoms with Gasteiger partial charge in [0, 0.05) is 31.1 Å². The molecule has 0 aromatic carbocycles. The summed E-state index contributed by atoms with van der Waals surface area (Å²) in [7, 11) is 1.53. The lowest BCUT2D eigenvalue weighted by Crippen LogP contribution is -2.36. The van der Waals surface area contributed by atoms with E-state index >= 15 is 0 Å². The molecular weight excluding hydrogens is 408 g/mol. The van der Waals surface area contributed by atoms with Crippen LogP contribution in [0.4, 0.5) is 0 Å². The molecule has 0 heterocycles. The van der Waals surface area contributed by atoms with Gasteiger partial charge in [-0.25, -0.2) is 4.79 Å². The SMILES string of the molecule is C=C(C)C(O)CCC1(C)CC=C(COC)C(=O)C(CC(C)=O)C1C=COC(=O)C=C(C)C. The van der Waals surface area contributed by atoms with Crippen molar-refractivity contribution in [3.05, 3.63) is 47.8 Å². The van der Waals surface area contributed by atoms with Crippen LogP contribution in [0.15, 0.2) is 47.8 Å². The summed E-state index contributed by atoms with van der Waals surface area (Å²) in [5.74, 6) is -1.70. The van der Waals surface area contributed by atoms with Gasteiger partial charge in [0.15, 0.2) is 5.78 Å². The molecule has 1 N–H and O–H groups in total. The van der Waals surface area contributed by atoms with Crippen LogP contribution in [0.3, 0.4) is 0 Å². The first-order chi connectivity index (χ1) is 14.9. The van der Waals surface area contributed by atoms with Crippen molar-refractivity contribution in [1.29, 1.82) is 0 Å². The van der Waals surface area contributed by atoms with E-state index in [9.17, 15) is 19.5 Å². The standard InChI is InChI=1S/C26H38O6/c1-17(2)14-24(29)32-13-10-22-21(15-19(5)27)25(30)20(16-31-7)8-11-26(22,6)12-9-23(28)18(3)4/h8,10,13-14,21-23,28H,3,9,11-12,15-16H2,1-2,4-7H3. The van der Waals surface area contributed by atoms with Crippen molar-refractivity contribution in [2.75, 3.05) is 13.7 Å². The molecule has 6 heteroatoms. The van der Waals surface area contributed by atoms with E-state index < -0.39 is 23.4 Å². The predicted octanol–water partition coefficient (Wildman–Crippen LogP) is 4.49. The van der Waals surface area contributed by atoms with Gasteiger partial charge in [-0.2, -0.15) is 0 Å². The number of carbonyl (C=O) groups excluding carboxylic acids is 3. The van der Waals surface area contributed by atoms with E-state index in [1.165, 1.54) is 26.4 Å². The number of Topliss-reactive ketones (excluding diaryl/α,β-unsaturated/α-hetero) is 2. The molecule has 0 saturated carbocycles. The lowest BCUT2D eigenvalue weighted by Gasteiger charge is -2.38. The Morgan fingerprint density at radius 2 is 1.97 bits per heavy atom. The number of ketones is 2. The Bertz CT molecular complexity index is 799. The molecule has 4 atom stereocenters. The van der Waals surface area contributed by atoms with E-state index in [0.717, 1.165) is 5.57 Å². The first-order valence-electron chi connectivity index (χ1n) is 11.0. The molecular formula is C26H38O6. The normalized spacial score (nSPS) is 24.5. The molecule has 0 fully saturated rings. The van der Waals surface area contributed by atoms with E-state index in [2.05, 4.69) is 6.58 Å². The summed E-state index contributed by atoms with van der Waals surface area (Å²) >= 11 is 0. The summed E-state index contributed by atoms with van der Waals surface area (Å²) < 4.78 is 10.4. The summed E-state index contributed by atoms with van der Waals surface area (Å²) in [4.78, 5) is 37.4. The number of aliphatic hydroxyl groups is 1. The van der Waals surface area contributed by atoms with E-state index in [0.29, 0.717) is 30.4 Å². The average molecular weight is 447 g/mol. The molecule has 0 aromatic heterocycles. The fourth-order valence-corrected chi connectivity index (χ4v) is 4.10. The van der Waals surface area contributed by atoms with Gasteiger partial charge in [0.05, 0.1) is 19.0 Å². The Labute approximate surface area is 192 Å². The van der Waals surface area contributed by atoms with Gasteiger partial charge in [0.1, 0.15) is 5.78 Å². The van der Waals surface area contributed by atoms with Gasteiger partial charge in [-0.05, 0) is 64.4 Å². The molecule has 0 radical (unpaired) electrons. The van der Waals surface area contributed by atoms with E-state index in [1.54, 1.807) is 26.8 Å². The summed E-state index contributed by atoms with van der Waals surface area (Å²) in [6.45, 7) is 12.9. The first kappa shape index (κ1) is 27.7. The number of ether oxygens (including phenoxy) is 2. The molecule has 0 amide bonds. The minimum absolute atomic E-state index is 0.0788. The molecule has 6 nitrogen and oxygen atoms in total. The smallest absolute Gasteiger partial charge is 0.335 e. The van der Waals surface area contributed by atoms with Gasteiger partial charge in [-0.15, -0.1) is 0 Å². The van der Waals surface area contributed by atoms with E-state index in [4.69, 9.17) is 9.47 Å². The Hall–Kier alpha value is -2.31. The van der Waals surface area contributed by atoms with Crippen LogP contribution >= 0.6 is 0 Å². The van der Waals surface area contributed by atoms with Crippen molar-refractivity contribution in [3.63, 3.8) is 0 Å². The minimum atomic E-state index is -0.653. The van der Waals surface area contributed by atoms with Gasteiger partial charge in [-0.3, -0.25) is 4.79 Å². The lowest BCUT2D eigenvalue weighted by molar-refractivity contribution is -0.132. The third kappa shape index (κ3) is 8.32. The molecule has 32 heavy (non-hydrogen) atoms. The maximum absolute atomic E-state index is 13.3. The summed E-state index contributed by atoms with van der Waals surface area (Å²) in [5, 5.41) is 10.3. The topological polar surface area (TPSA) is 89.9 Å². The Balaban J connectivity index is 3.37. The van der Waals surface area contributed by atoms with Crippen molar-refractivity contribution in [2.24, 2.45) is 17.3 Å². The molecule has 1 rings (SSSR count). The number of carbonyl (C=O) groups is 3. The Morgan fingerprint density at radius 1 is 1.31 bits per heavy atom. The lowest BCUT2D eigenvalue weighted by atomic mass is 9.65. The van der Waals surface area contributed by atoms with E-state index in [-0.39, 0.29) is 30.5 Å². The van der Waals surface area contributed by atoms with Crippen LogP contribution < -0.4 is 0 Å². The van der Waals surface area contributed by atoms with Crippen LogP contribution in [-0.2, 0) is 23.9 Å². The highest BCUT2D eigenvalue weighted by atomic mass is 16.5. The number of rotatable bonds is 11. The van der Waals surface area contributed by atoms with Crippen molar-refractivity contribution in [1.82, 2.24) is 0 Å². The highest BCUT2D eigenvalue weighted by molar-refractivity contribution is 6.00. The monoisotopic (exact) mass is 446 g/mol. The first-order valence-corrected chi connectivity index (χ1v) is 11.0.